The molecule has 2 saturated heterocycles. The smallest absolute Gasteiger partial charge is 0.220 e. The lowest BCUT2D eigenvalue weighted by Gasteiger charge is -2.37. The monoisotopic (exact) mass is 366 g/mol. The minimum Gasteiger partial charge on any atom is -0.497 e. The van der Waals surface area contributed by atoms with Gasteiger partial charge in [-0.2, -0.15) is 4.31 Å². The Morgan fingerprint density at radius 1 is 1.20 bits per heavy atom. The minimum atomic E-state index is -3.16. The average Bonchev–Trinajstić information content (AvgIpc) is 2.86. The van der Waals surface area contributed by atoms with Crippen LogP contribution < -0.4 is 10.1 Å². The van der Waals surface area contributed by atoms with E-state index in [9.17, 15) is 13.2 Å². The molecule has 0 spiro atoms. The van der Waals surface area contributed by atoms with Crippen molar-refractivity contribution in [2.75, 3.05) is 13.4 Å². The maximum absolute atomic E-state index is 12.3. The molecule has 3 rings (SSSR count). The Morgan fingerprint density at radius 3 is 2.32 bits per heavy atom. The van der Waals surface area contributed by atoms with Crippen molar-refractivity contribution in [3.63, 3.8) is 0 Å². The van der Waals surface area contributed by atoms with Crippen LogP contribution in [0, 0.1) is 0 Å². The molecule has 2 unspecified atom stereocenters. The van der Waals surface area contributed by atoms with Crippen LogP contribution in [0.4, 0.5) is 0 Å². The Morgan fingerprint density at radius 2 is 1.80 bits per heavy atom. The van der Waals surface area contributed by atoms with E-state index >= 15 is 0 Å². The maximum Gasteiger partial charge on any atom is 0.220 e. The number of nitrogens with zero attached hydrogens (tertiary/aromatic N) is 1. The Kier molecular flexibility index (Phi) is 5.34. The third-order valence-corrected chi connectivity index (χ3v) is 6.58. The van der Waals surface area contributed by atoms with E-state index in [1.807, 2.05) is 24.3 Å². The quantitative estimate of drug-likeness (QED) is 0.831. The normalized spacial score (nSPS) is 26.4. The van der Waals surface area contributed by atoms with Gasteiger partial charge in [-0.1, -0.05) is 12.1 Å². The van der Waals surface area contributed by atoms with Gasteiger partial charge in [-0.3, -0.25) is 4.79 Å². The molecule has 2 fully saturated rings. The molecule has 7 heteroatoms. The van der Waals surface area contributed by atoms with Gasteiger partial charge in [-0.15, -0.1) is 0 Å². The highest BCUT2D eigenvalue weighted by Crippen LogP contribution is 2.37. The van der Waals surface area contributed by atoms with Crippen LogP contribution in [0.1, 0.15) is 37.7 Å². The molecule has 2 aliphatic rings. The summed E-state index contributed by atoms with van der Waals surface area (Å²) < 4.78 is 30.6. The third kappa shape index (κ3) is 4.33. The van der Waals surface area contributed by atoms with Gasteiger partial charge in [-0.25, -0.2) is 8.42 Å². The Balaban J connectivity index is 1.49. The Hall–Kier alpha value is -1.60. The number of carbonyl (C=O) groups excluding carboxylic acids is 1. The standard InChI is InChI=1S/C18H26N2O4S/c1-24-17-8-3-13(4-9-17)5-10-18(21)19-14-11-15-6-7-16(12-14)20(15)25(2,22)23/h3-4,8-9,14-16H,5-7,10-12H2,1-2H3,(H,19,21). The highest BCUT2D eigenvalue weighted by molar-refractivity contribution is 7.88. The molecule has 2 heterocycles. The number of rotatable bonds is 6. The predicted octanol–water partition coefficient (Wildman–Crippen LogP) is 1.70. The summed E-state index contributed by atoms with van der Waals surface area (Å²) in [6.45, 7) is 0. The largest absolute Gasteiger partial charge is 0.497 e. The number of hydrogen-bond donors (Lipinski definition) is 1. The van der Waals surface area contributed by atoms with Crippen molar-refractivity contribution in [1.29, 1.82) is 0 Å². The molecular formula is C18H26N2O4S. The van der Waals surface area contributed by atoms with Gasteiger partial charge in [0.05, 0.1) is 13.4 Å². The van der Waals surface area contributed by atoms with E-state index < -0.39 is 10.0 Å². The first-order valence-corrected chi connectivity index (χ1v) is 10.6. The topological polar surface area (TPSA) is 75.7 Å². The fraction of sp³-hybridized carbons (Fsp3) is 0.611. The second-order valence-corrected chi connectivity index (χ2v) is 8.95. The van der Waals surface area contributed by atoms with Crippen LogP contribution in [0.25, 0.3) is 0 Å². The van der Waals surface area contributed by atoms with E-state index in [0.717, 1.165) is 37.0 Å². The molecule has 0 aliphatic carbocycles. The molecule has 2 bridgehead atoms. The Bertz CT molecular complexity index is 703. The van der Waals surface area contributed by atoms with Crippen LogP contribution >= 0.6 is 0 Å². The van der Waals surface area contributed by atoms with Crippen molar-refractivity contribution in [3.8, 4) is 5.75 Å². The molecule has 0 saturated carbocycles. The van der Waals surface area contributed by atoms with Crippen LogP contribution in [-0.4, -0.2) is 50.1 Å². The number of nitrogens with one attached hydrogen (secondary N) is 1. The molecule has 0 aromatic heterocycles. The number of ether oxygens (including phenoxy) is 1. The summed E-state index contributed by atoms with van der Waals surface area (Å²) in [4.78, 5) is 12.3. The molecule has 1 amide bonds. The zero-order valence-electron chi connectivity index (χ0n) is 14.8. The van der Waals surface area contributed by atoms with Gasteiger partial charge in [0.2, 0.25) is 15.9 Å². The summed E-state index contributed by atoms with van der Waals surface area (Å²) in [6.07, 6.45) is 5.65. The summed E-state index contributed by atoms with van der Waals surface area (Å²) in [7, 11) is -1.53. The lowest BCUT2D eigenvalue weighted by atomic mass is 9.99. The van der Waals surface area contributed by atoms with E-state index in [4.69, 9.17) is 4.74 Å². The van der Waals surface area contributed by atoms with Crippen molar-refractivity contribution in [1.82, 2.24) is 9.62 Å². The number of hydrogen-bond acceptors (Lipinski definition) is 4. The first kappa shape index (κ1) is 18.2. The predicted molar refractivity (Wildman–Crippen MR) is 96.0 cm³/mol. The lowest BCUT2D eigenvalue weighted by Crippen LogP contribution is -2.52. The number of aryl methyl sites for hydroxylation is 1. The van der Waals surface area contributed by atoms with Crippen LogP contribution in [0.3, 0.4) is 0 Å². The number of amides is 1. The average molecular weight is 366 g/mol. The van der Waals surface area contributed by atoms with Crippen LogP contribution in [0.2, 0.25) is 0 Å². The zero-order valence-corrected chi connectivity index (χ0v) is 15.6. The van der Waals surface area contributed by atoms with Crippen LogP contribution in [0.15, 0.2) is 24.3 Å². The second kappa shape index (κ2) is 7.33. The molecule has 1 aromatic carbocycles. The van der Waals surface area contributed by atoms with Crippen molar-refractivity contribution in [3.05, 3.63) is 29.8 Å². The molecule has 1 aromatic rings. The fourth-order valence-electron chi connectivity index (χ4n) is 4.14. The molecular weight excluding hydrogens is 340 g/mol. The third-order valence-electron chi connectivity index (χ3n) is 5.21. The maximum atomic E-state index is 12.3. The first-order chi connectivity index (χ1) is 11.9. The molecule has 6 nitrogen and oxygen atoms in total. The van der Waals surface area contributed by atoms with Crippen molar-refractivity contribution >= 4 is 15.9 Å². The van der Waals surface area contributed by atoms with E-state index in [1.54, 1.807) is 11.4 Å². The van der Waals surface area contributed by atoms with Crippen LogP contribution in [0.5, 0.6) is 5.75 Å². The molecule has 138 valence electrons. The van der Waals surface area contributed by atoms with Gasteiger partial charge < -0.3 is 10.1 Å². The zero-order chi connectivity index (χ0) is 18.0. The first-order valence-electron chi connectivity index (χ1n) is 8.77. The summed E-state index contributed by atoms with van der Waals surface area (Å²) in [5.41, 5.74) is 1.10. The van der Waals surface area contributed by atoms with Crippen LogP contribution in [-0.2, 0) is 21.2 Å². The second-order valence-electron chi connectivity index (χ2n) is 7.06. The van der Waals surface area contributed by atoms with Gasteiger partial charge >= 0.3 is 0 Å². The number of methoxy groups -OCH3 is 1. The van der Waals surface area contributed by atoms with Gasteiger partial charge in [0.1, 0.15) is 5.75 Å². The van der Waals surface area contributed by atoms with Crippen molar-refractivity contribution < 1.29 is 17.9 Å². The minimum absolute atomic E-state index is 0.0352. The fourth-order valence-corrected chi connectivity index (χ4v) is 5.61. The molecule has 2 aliphatic heterocycles. The summed E-state index contributed by atoms with van der Waals surface area (Å²) >= 11 is 0. The van der Waals surface area contributed by atoms with E-state index in [2.05, 4.69) is 5.32 Å². The summed E-state index contributed by atoms with van der Waals surface area (Å²) in [5, 5.41) is 3.10. The lowest BCUT2D eigenvalue weighted by molar-refractivity contribution is -0.122. The Labute approximate surface area is 149 Å². The summed E-state index contributed by atoms with van der Waals surface area (Å²) in [5.74, 6) is 0.842. The number of sulfonamides is 1. The van der Waals surface area contributed by atoms with E-state index in [1.165, 1.54) is 6.26 Å². The van der Waals surface area contributed by atoms with Gasteiger partial charge in [0.15, 0.2) is 0 Å². The van der Waals surface area contributed by atoms with Gasteiger partial charge in [0.25, 0.3) is 0 Å². The molecule has 25 heavy (non-hydrogen) atoms. The summed E-state index contributed by atoms with van der Waals surface area (Å²) in [6, 6.07) is 7.89. The van der Waals surface area contributed by atoms with Crippen molar-refractivity contribution in [2.45, 2.75) is 56.7 Å². The highest BCUT2D eigenvalue weighted by Gasteiger charge is 2.45. The van der Waals surface area contributed by atoms with Gasteiger partial charge in [-0.05, 0) is 49.8 Å². The van der Waals surface area contributed by atoms with Gasteiger partial charge in [0, 0.05) is 24.5 Å². The van der Waals surface area contributed by atoms with E-state index in [-0.39, 0.29) is 24.0 Å². The molecule has 1 N–H and O–H groups in total. The molecule has 0 radical (unpaired) electrons. The number of piperidine rings is 1. The number of carbonyl (C=O) groups is 1. The number of benzene rings is 1. The number of fused-ring (bicyclic) bond motifs is 2. The highest BCUT2D eigenvalue weighted by atomic mass is 32.2. The van der Waals surface area contributed by atoms with E-state index in [0.29, 0.717) is 12.8 Å². The molecule has 2 atom stereocenters. The van der Waals surface area contributed by atoms with Crippen molar-refractivity contribution in [2.24, 2.45) is 0 Å². The SMILES string of the molecule is COc1ccc(CCC(=O)NC2CC3CCC(C2)N3S(C)(=O)=O)cc1.